The summed E-state index contributed by atoms with van der Waals surface area (Å²) >= 11 is 8.24. The summed E-state index contributed by atoms with van der Waals surface area (Å²) in [5.74, 6) is 0.772. The summed E-state index contributed by atoms with van der Waals surface area (Å²) in [6.45, 7) is 0.415. The lowest BCUT2D eigenvalue weighted by molar-refractivity contribution is -0.123. The molecule has 2 saturated heterocycles. The summed E-state index contributed by atoms with van der Waals surface area (Å²) in [6, 6.07) is 17.3. The van der Waals surface area contributed by atoms with Crippen LogP contribution in [0.5, 0.6) is 5.75 Å². The van der Waals surface area contributed by atoms with Crippen molar-refractivity contribution in [3.8, 4) is 5.75 Å². The van der Waals surface area contributed by atoms with Crippen molar-refractivity contribution in [3.63, 3.8) is 0 Å². The van der Waals surface area contributed by atoms with Crippen LogP contribution in [0.1, 0.15) is 5.56 Å². The van der Waals surface area contributed by atoms with Gasteiger partial charge >= 0.3 is 0 Å². The molecule has 0 aliphatic carbocycles. The molecule has 3 atom stereocenters. The fourth-order valence-electron chi connectivity index (χ4n) is 3.38. The molecule has 2 aromatic carbocycles. The van der Waals surface area contributed by atoms with E-state index in [2.05, 4.69) is 16.0 Å². The first kappa shape index (κ1) is 21.9. The van der Waals surface area contributed by atoms with Gasteiger partial charge in [0.15, 0.2) is 0 Å². The second-order valence-electron chi connectivity index (χ2n) is 6.95. The van der Waals surface area contributed by atoms with Crippen molar-refractivity contribution in [1.29, 1.82) is 0 Å². The second kappa shape index (κ2) is 9.90. The average Bonchev–Trinajstić information content (AvgIpc) is 3.13. The Morgan fingerprint density at radius 2 is 2.06 bits per heavy atom. The number of rotatable bonds is 7. The number of benzene rings is 2. The number of fused-ring (bicyclic) bond motifs is 1. The number of ether oxygens (including phenoxy) is 1. The minimum absolute atomic E-state index is 0.0798. The maximum absolute atomic E-state index is 12.6. The molecule has 0 spiro atoms. The van der Waals surface area contributed by atoms with Gasteiger partial charge in [0.1, 0.15) is 27.0 Å². The summed E-state index contributed by atoms with van der Waals surface area (Å²) in [5.41, 5.74) is 1.51. The van der Waals surface area contributed by atoms with Gasteiger partial charge in [-0.05, 0) is 29.8 Å². The Morgan fingerprint density at radius 1 is 1.26 bits per heavy atom. The highest BCUT2D eigenvalue weighted by Gasteiger charge is 2.47. The van der Waals surface area contributed by atoms with Gasteiger partial charge in [-0.15, -0.1) is 11.8 Å². The number of hydrogen-bond donors (Lipinski definition) is 3. The van der Waals surface area contributed by atoms with Crippen molar-refractivity contribution >= 4 is 57.6 Å². The molecular formula is C21H22N4O3S3. The molecule has 10 heteroatoms. The summed E-state index contributed by atoms with van der Waals surface area (Å²) in [4.78, 5) is 26.9. The molecule has 2 amide bonds. The molecular weight excluding hydrogens is 452 g/mol. The smallest absolute Gasteiger partial charge is 0.238 e. The molecule has 0 aromatic heterocycles. The highest BCUT2D eigenvalue weighted by molar-refractivity contribution is 8.24. The van der Waals surface area contributed by atoms with Crippen molar-refractivity contribution in [1.82, 2.24) is 16.0 Å². The molecule has 2 heterocycles. The van der Waals surface area contributed by atoms with Gasteiger partial charge in [-0.1, -0.05) is 54.3 Å². The van der Waals surface area contributed by atoms with Crippen LogP contribution in [0.3, 0.4) is 0 Å². The maximum atomic E-state index is 12.6. The van der Waals surface area contributed by atoms with E-state index >= 15 is 0 Å². The van der Waals surface area contributed by atoms with Crippen molar-refractivity contribution in [2.75, 3.05) is 17.8 Å². The third-order valence-corrected chi connectivity index (χ3v) is 7.51. The Balaban J connectivity index is 1.32. The van der Waals surface area contributed by atoms with Gasteiger partial charge in [0, 0.05) is 12.2 Å². The summed E-state index contributed by atoms with van der Waals surface area (Å²) in [7, 11) is 1.61. The molecule has 0 saturated carbocycles. The number of nitrogens with one attached hydrogen (secondary N) is 3. The molecule has 7 nitrogen and oxygen atoms in total. The number of hydrogen-bond acceptors (Lipinski definition) is 7. The SMILES string of the molecule is COc1cccc(CNC(=O)CSC2NC(=O)C3SC(=S)N(c4ccccc4)C3N2)c1. The molecule has 2 aliphatic rings. The Hall–Kier alpha value is -2.27. The molecule has 162 valence electrons. The van der Waals surface area contributed by atoms with Crippen molar-refractivity contribution in [3.05, 3.63) is 60.2 Å². The molecule has 0 bridgehead atoms. The van der Waals surface area contributed by atoms with Crippen LogP contribution >= 0.6 is 35.7 Å². The van der Waals surface area contributed by atoms with Gasteiger partial charge in [-0.25, -0.2) is 0 Å². The van der Waals surface area contributed by atoms with Gasteiger partial charge in [-0.3, -0.25) is 14.9 Å². The maximum Gasteiger partial charge on any atom is 0.238 e. The van der Waals surface area contributed by atoms with Gasteiger partial charge in [0.05, 0.1) is 12.9 Å². The van der Waals surface area contributed by atoms with E-state index < -0.39 is 0 Å². The minimum atomic E-state index is -0.385. The second-order valence-corrected chi connectivity index (χ2v) is 9.82. The van der Waals surface area contributed by atoms with E-state index in [1.807, 2.05) is 59.5 Å². The number of nitrogens with zero attached hydrogens (tertiary/aromatic N) is 1. The fraction of sp³-hybridized carbons (Fsp3) is 0.286. The first-order valence-corrected chi connectivity index (χ1v) is 12.0. The molecule has 2 aromatic rings. The Labute approximate surface area is 194 Å². The third kappa shape index (κ3) is 5.15. The zero-order valence-electron chi connectivity index (χ0n) is 16.7. The average molecular weight is 475 g/mol. The van der Waals surface area contributed by atoms with Crippen LogP contribution in [0.25, 0.3) is 0 Å². The highest BCUT2D eigenvalue weighted by Crippen LogP contribution is 2.37. The molecule has 3 N–H and O–H groups in total. The summed E-state index contributed by atoms with van der Waals surface area (Å²) < 4.78 is 5.86. The van der Waals surface area contributed by atoms with E-state index in [0.29, 0.717) is 10.9 Å². The van der Waals surface area contributed by atoms with Crippen LogP contribution in [0.2, 0.25) is 0 Å². The summed E-state index contributed by atoms with van der Waals surface area (Å²) in [6.07, 6.45) is -0.258. The van der Waals surface area contributed by atoms with Crippen LogP contribution in [-0.4, -0.2) is 45.9 Å². The number of carbonyl (C=O) groups is 2. The Bertz CT molecular complexity index is 975. The predicted molar refractivity (Wildman–Crippen MR) is 129 cm³/mol. The lowest BCUT2D eigenvalue weighted by atomic mass is 10.2. The van der Waals surface area contributed by atoms with Crippen LogP contribution in [0.15, 0.2) is 54.6 Å². The number of methoxy groups -OCH3 is 1. The standard InChI is InChI=1S/C21H22N4O3S3/c1-28-15-9-5-6-13(10-15)11-22-16(26)12-30-20-23-18-17(19(27)24-20)31-21(29)25(18)14-7-3-2-4-8-14/h2-10,17-18,20,23H,11-12H2,1H3,(H,22,26)(H,24,27). The van der Waals surface area contributed by atoms with Crippen LogP contribution in [0, 0.1) is 0 Å². The zero-order chi connectivity index (χ0) is 21.8. The fourth-order valence-corrected chi connectivity index (χ4v) is 5.82. The van der Waals surface area contributed by atoms with Gasteiger partial charge in [0.25, 0.3) is 0 Å². The quantitative estimate of drug-likeness (QED) is 0.528. The summed E-state index contributed by atoms with van der Waals surface area (Å²) in [5, 5.41) is 8.93. The van der Waals surface area contributed by atoms with E-state index in [9.17, 15) is 9.59 Å². The van der Waals surface area contributed by atoms with E-state index in [1.54, 1.807) is 7.11 Å². The van der Waals surface area contributed by atoms with Crippen LogP contribution < -0.4 is 25.6 Å². The molecule has 0 radical (unpaired) electrons. The third-order valence-electron chi connectivity index (χ3n) is 4.88. The first-order valence-electron chi connectivity index (χ1n) is 9.68. The van der Waals surface area contributed by atoms with Gasteiger partial charge < -0.3 is 20.3 Å². The number of amides is 2. The van der Waals surface area contributed by atoms with Gasteiger partial charge in [0.2, 0.25) is 11.8 Å². The van der Waals surface area contributed by atoms with Gasteiger partial charge in [-0.2, -0.15) is 0 Å². The zero-order valence-corrected chi connectivity index (χ0v) is 19.2. The number of thioether (sulfide) groups is 2. The lowest BCUT2D eigenvalue weighted by Crippen LogP contribution is -2.64. The Kier molecular flexibility index (Phi) is 7.01. The topological polar surface area (TPSA) is 82.7 Å². The molecule has 2 aliphatic heterocycles. The van der Waals surface area contributed by atoms with E-state index in [4.69, 9.17) is 17.0 Å². The molecule has 2 fully saturated rings. The van der Waals surface area contributed by atoms with E-state index in [-0.39, 0.29) is 34.5 Å². The first-order chi connectivity index (χ1) is 15.0. The Morgan fingerprint density at radius 3 is 2.84 bits per heavy atom. The molecule has 4 rings (SSSR count). The monoisotopic (exact) mass is 474 g/mol. The van der Waals surface area contributed by atoms with Crippen molar-refractivity contribution in [2.45, 2.75) is 23.5 Å². The van der Waals surface area contributed by atoms with Crippen LogP contribution in [-0.2, 0) is 16.1 Å². The number of anilines is 1. The van der Waals surface area contributed by atoms with Crippen molar-refractivity contribution < 1.29 is 14.3 Å². The lowest BCUT2D eigenvalue weighted by Gasteiger charge is -2.36. The number of thiocarbonyl (C=S) groups is 1. The predicted octanol–water partition coefficient (Wildman–Crippen LogP) is 2.28. The van der Waals surface area contributed by atoms with E-state index in [0.717, 1.165) is 17.0 Å². The minimum Gasteiger partial charge on any atom is -0.497 e. The van der Waals surface area contributed by atoms with Crippen molar-refractivity contribution in [2.24, 2.45) is 0 Å². The molecule has 3 unspecified atom stereocenters. The number of carbonyl (C=O) groups excluding carboxylic acids is 2. The van der Waals surface area contributed by atoms with Crippen LogP contribution in [0.4, 0.5) is 5.69 Å². The highest BCUT2D eigenvalue weighted by atomic mass is 32.2. The molecule has 31 heavy (non-hydrogen) atoms. The normalized spacial score (nSPS) is 22.6. The van der Waals surface area contributed by atoms with E-state index in [1.165, 1.54) is 23.5 Å². The largest absolute Gasteiger partial charge is 0.497 e. The number of para-hydroxylation sites is 1.